The molecular formula is C24H29N7O4. The van der Waals surface area contributed by atoms with Crippen molar-refractivity contribution in [3.8, 4) is 0 Å². The molecule has 4 rings (SSSR count). The van der Waals surface area contributed by atoms with Crippen LogP contribution in [0.15, 0.2) is 42.6 Å². The lowest BCUT2D eigenvalue weighted by Crippen LogP contribution is -2.40. The Labute approximate surface area is 202 Å². The minimum Gasteiger partial charge on any atom is -0.383 e. The highest BCUT2D eigenvalue weighted by Gasteiger charge is 2.19. The minimum atomic E-state index is -0.651. The number of hydrogen-bond donors (Lipinski definition) is 4. The van der Waals surface area contributed by atoms with Crippen LogP contribution in [0, 0.1) is 0 Å². The molecule has 6 N–H and O–H groups in total. The fourth-order valence-electron chi connectivity index (χ4n) is 3.78. The molecule has 2 amide bonds. The number of primary amides is 1. The lowest BCUT2D eigenvalue weighted by molar-refractivity contribution is 0.0303. The summed E-state index contributed by atoms with van der Waals surface area (Å²) in [5, 5.41) is 8.02. The van der Waals surface area contributed by atoms with Gasteiger partial charge in [0.05, 0.1) is 19.8 Å². The van der Waals surface area contributed by atoms with Gasteiger partial charge in [-0.3, -0.25) is 9.59 Å². The first-order valence-corrected chi connectivity index (χ1v) is 11.3. The second-order valence-corrected chi connectivity index (χ2v) is 8.22. The molecule has 0 spiro atoms. The molecular weight excluding hydrogens is 450 g/mol. The third-order valence-electron chi connectivity index (χ3n) is 5.61. The molecule has 1 atom stereocenters. The number of methoxy groups -OCH3 is 1. The number of hydrogen-bond acceptors (Lipinski definition) is 9. The van der Waals surface area contributed by atoms with E-state index < -0.39 is 5.91 Å². The Morgan fingerprint density at radius 2 is 1.91 bits per heavy atom. The van der Waals surface area contributed by atoms with Gasteiger partial charge in [-0.05, 0) is 35.0 Å². The number of aromatic nitrogens is 2. The van der Waals surface area contributed by atoms with E-state index in [2.05, 4.69) is 20.6 Å². The Morgan fingerprint density at radius 1 is 1.17 bits per heavy atom. The molecule has 184 valence electrons. The average Bonchev–Trinajstić information content (AvgIpc) is 2.87. The third kappa shape index (κ3) is 6.01. The SMILES string of the molecule is COCC(N)CNc1ncc(C(N)=O)c(Nc2ccc3cc(C(=O)N4CCOCC4)ccc3c2)n1. The minimum absolute atomic E-state index is 0.00488. The summed E-state index contributed by atoms with van der Waals surface area (Å²) in [5.41, 5.74) is 12.9. The van der Waals surface area contributed by atoms with E-state index in [1.807, 2.05) is 36.4 Å². The van der Waals surface area contributed by atoms with Crippen molar-refractivity contribution in [1.29, 1.82) is 0 Å². The zero-order valence-corrected chi connectivity index (χ0v) is 19.5. The second-order valence-electron chi connectivity index (χ2n) is 8.22. The van der Waals surface area contributed by atoms with Crippen molar-refractivity contribution >= 4 is 40.0 Å². The van der Waals surface area contributed by atoms with Crippen LogP contribution in [0.4, 0.5) is 17.5 Å². The van der Waals surface area contributed by atoms with E-state index in [4.69, 9.17) is 20.9 Å². The summed E-state index contributed by atoms with van der Waals surface area (Å²) in [4.78, 5) is 35.1. The number of nitrogens with two attached hydrogens (primary N) is 2. The van der Waals surface area contributed by atoms with E-state index in [0.717, 1.165) is 10.8 Å². The van der Waals surface area contributed by atoms with Gasteiger partial charge in [-0.1, -0.05) is 12.1 Å². The molecule has 11 heteroatoms. The van der Waals surface area contributed by atoms with E-state index in [9.17, 15) is 9.59 Å². The van der Waals surface area contributed by atoms with E-state index in [1.54, 1.807) is 12.0 Å². The third-order valence-corrected chi connectivity index (χ3v) is 5.61. The smallest absolute Gasteiger partial charge is 0.254 e. The highest BCUT2D eigenvalue weighted by molar-refractivity contribution is 6.00. The average molecular weight is 480 g/mol. The van der Waals surface area contributed by atoms with Crippen LogP contribution in [-0.2, 0) is 9.47 Å². The molecule has 2 heterocycles. The Morgan fingerprint density at radius 3 is 2.66 bits per heavy atom. The summed E-state index contributed by atoms with van der Waals surface area (Å²) in [6, 6.07) is 11.0. The standard InChI is InChI=1S/C24H29N7O4/c1-34-14-18(25)12-27-24-28-13-20(21(26)32)22(30-24)29-19-5-4-15-10-17(3-2-16(15)11-19)23(33)31-6-8-35-9-7-31/h2-5,10-11,13,18H,6-9,12,14,25H2,1H3,(H2,26,32)(H2,27,28,29,30). The molecule has 3 aromatic rings. The van der Waals surface area contributed by atoms with Crippen molar-refractivity contribution in [3.63, 3.8) is 0 Å². The first-order valence-electron chi connectivity index (χ1n) is 11.3. The zero-order chi connectivity index (χ0) is 24.8. The molecule has 11 nitrogen and oxygen atoms in total. The summed E-state index contributed by atoms with van der Waals surface area (Å²) in [6.07, 6.45) is 1.37. The van der Waals surface area contributed by atoms with Crippen molar-refractivity contribution in [2.24, 2.45) is 11.5 Å². The summed E-state index contributed by atoms with van der Waals surface area (Å²) in [5.74, 6) is -0.0817. The highest BCUT2D eigenvalue weighted by Crippen LogP contribution is 2.25. The molecule has 1 aliphatic heterocycles. The molecule has 1 unspecified atom stereocenters. The zero-order valence-electron chi connectivity index (χ0n) is 19.5. The van der Waals surface area contributed by atoms with Gasteiger partial charge in [0, 0.05) is 50.2 Å². The van der Waals surface area contributed by atoms with E-state index >= 15 is 0 Å². The molecule has 35 heavy (non-hydrogen) atoms. The van der Waals surface area contributed by atoms with Gasteiger partial charge in [0.15, 0.2) is 0 Å². The van der Waals surface area contributed by atoms with Gasteiger partial charge in [-0.15, -0.1) is 0 Å². The van der Waals surface area contributed by atoms with Crippen LogP contribution in [0.1, 0.15) is 20.7 Å². The Hall–Kier alpha value is -3.80. The molecule has 1 aromatic heterocycles. The molecule has 0 saturated carbocycles. The largest absolute Gasteiger partial charge is 0.383 e. The fraction of sp³-hybridized carbons (Fsp3) is 0.333. The van der Waals surface area contributed by atoms with Gasteiger partial charge in [0.25, 0.3) is 11.8 Å². The molecule has 1 saturated heterocycles. The number of rotatable bonds is 9. The molecule has 1 aliphatic rings. The van der Waals surface area contributed by atoms with Crippen LogP contribution in [0.5, 0.6) is 0 Å². The quantitative estimate of drug-likeness (QED) is 0.355. The molecule has 1 fully saturated rings. The summed E-state index contributed by atoms with van der Waals surface area (Å²) in [6.45, 7) is 3.08. The van der Waals surface area contributed by atoms with Gasteiger partial charge in [0.2, 0.25) is 5.95 Å². The number of morpholine rings is 1. The highest BCUT2D eigenvalue weighted by atomic mass is 16.5. The maximum absolute atomic E-state index is 12.8. The predicted octanol–water partition coefficient (Wildman–Crippen LogP) is 1.33. The second kappa shape index (κ2) is 11.1. The van der Waals surface area contributed by atoms with Crippen LogP contribution in [0.2, 0.25) is 0 Å². The van der Waals surface area contributed by atoms with Crippen molar-refractivity contribution in [2.45, 2.75) is 6.04 Å². The van der Waals surface area contributed by atoms with Gasteiger partial charge < -0.3 is 36.5 Å². The van der Waals surface area contributed by atoms with E-state index in [1.165, 1.54) is 6.20 Å². The Bertz CT molecular complexity index is 1210. The maximum atomic E-state index is 12.8. The van der Waals surface area contributed by atoms with Gasteiger partial charge >= 0.3 is 0 Å². The number of fused-ring (bicyclic) bond motifs is 1. The number of benzene rings is 2. The number of amides is 2. The van der Waals surface area contributed by atoms with Crippen LogP contribution in [0.3, 0.4) is 0 Å². The van der Waals surface area contributed by atoms with Crippen molar-refractivity contribution < 1.29 is 19.1 Å². The van der Waals surface area contributed by atoms with Crippen molar-refractivity contribution in [1.82, 2.24) is 14.9 Å². The number of nitrogens with one attached hydrogen (secondary N) is 2. The van der Waals surface area contributed by atoms with Gasteiger partial charge in [-0.2, -0.15) is 4.98 Å². The van der Waals surface area contributed by atoms with Crippen molar-refractivity contribution in [3.05, 3.63) is 53.7 Å². The molecule has 0 aliphatic carbocycles. The topological polar surface area (TPSA) is 158 Å². The van der Waals surface area contributed by atoms with Crippen LogP contribution in [-0.4, -0.2) is 79.3 Å². The molecule has 0 radical (unpaired) electrons. The van der Waals surface area contributed by atoms with E-state index in [-0.39, 0.29) is 23.3 Å². The maximum Gasteiger partial charge on any atom is 0.254 e. The number of carbonyl (C=O) groups excluding carboxylic acids is 2. The Kier molecular flexibility index (Phi) is 7.70. The summed E-state index contributed by atoms with van der Waals surface area (Å²) < 4.78 is 10.4. The van der Waals surface area contributed by atoms with Crippen molar-refractivity contribution in [2.75, 3.05) is 57.2 Å². The lowest BCUT2D eigenvalue weighted by Gasteiger charge is -2.27. The monoisotopic (exact) mass is 479 g/mol. The number of ether oxygens (including phenoxy) is 2. The predicted molar refractivity (Wildman–Crippen MR) is 133 cm³/mol. The van der Waals surface area contributed by atoms with E-state index in [0.29, 0.717) is 56.7 Å². The van der Waals surface area contributed by atoms with Gasteiger partial charge in [0.1, 0.15) is 11.4 Å². The lowest BCUT2D eigenvalue weighted by atomic mass is 10.1. The number of carbonyl (C=O) groups is 2. The molecule has 0 bridgehead atoms. The normalized spacial score (nSPS) is 14.5. The van der Waals surface area contributed by atoms with Crippen LogP contribution in [0.25, 0.3) is 10.8 Å². The number of nitrogens with zero attached hydrogens (tertiary/aromatic N) is 3. The summed E-state index contributed by atoms with van der Waals surface area (Å²) >= 11 is 0. The van der Waals surface area contributed by atoms with Gasteiger partial charge in [-0.25, -0.2) is 4.98 Å². The number of anilines is 3. The first-order chi connectivity index (χ1) is 16.9. The fourth-order valence-corrected chi connectivity index (χ4v) is 3.78. The van der Waals surface area contributed by atoms with Crippen LogP contribution >= 0.6 is 0 Å². The van der Waals surface area contributed by atoms with Crippen LogP contribution < -0.4 is 22.1 Å². The molecule has 2 aromatic carbocycles. The Balaban J connectivity index is 1.53. The first kappa shape index (κ1) is 24.3. The summed E-state index contributed by atoms with van der Waals surface area (Å²) in [7, 11) is 1.58.